The van der Waals surface area contributed by atoms with Crippen LogP contribution in [-0.4, -0.2) is 38.7 Å². The molecule has 3 nitrogen and oxygen atoms in total. The number of nitrogens with zero attached hydrogens (tertiary/aromatic N) is 1. The Morgan fingerprint density at radius 3 is 2.43 bits per heavy atom. The highest BCUT2D eigenvalue weighted by atomic mass is 16.5. The molecule has 0 aromatic heterocycles. The molecule has 0 aliphatic rings. The van der Waals surface area contributed by atoms with Crippen molar-refractivity contribution in [3.8, 4) is 5.75 Å². The lowest BCUT2D eigenvalue weighted by molar-refractivity contribution is 0.316. The van der Waals surface area contributed by atoms with Gasteiger partial charge in [0.15, 0.2) is 0 Å². The average molecular weight is 292 g/mol. The third-order valence-corrected chi connectivity index (χ3v) is 3.56. The van der Waals surface area contributed by atoms with Crippen LogP contribution in [0.5, 0.6) is 5.75 Å². The molecule has 0 aliphatic heterocycles. The van der Waals surface area contributed by atoms with Crippen molar-refractivity contribution in [2.75, 3.05) is 33.8 Å². The van der Waals surface area contributed by atoms with Gasteiger partial charge in [0.05, 0.1) is 7.11 Å². The van der Waals surface area contributed by atoms with Crippen molar-refractivity contribution in [3.63, 3.8) is 0 Å². The summed E-state index contributed by atoms with van der Waals surface area (Å²) in [5.74, 6) is 1.68. The number of ether oxygens (including phenoxy) is 1. The highest BCUT2D eigenvalue weighted by Gasteiger charge is 2.01. The van der Waals surface area contributed by atoms with E-state index in [0.29, 0.717) is 0 Å². The van der Waals surface area contributed by atoms with Gasteiger partial charge in [-0.25, -0.2) is 0 Å². The molecule has 0 bridgehead atoms. The molecule has 0 saturated carbocycles. The smallest absolute Gasteiger partial charge is 0.118 e. The van der Waals surface area contributed by atoms with Crippen LogP contribution in [0.3, 0.4) is 0 Å². The molecule has 0 atom stereocenters. The maximum absolute atomic E-state index is 5.18. The molecule has 1 aromatic carbocycles. The Kier molecular flexibility index (Phi) is 9.11. The second-order valence-corrected chi connectivity index (χ2v) is 6.24. The fourth-order valence-corrected chi connectivity index (χ4v) is 2.32. The lowest BCUT2D eigenvalue weighted by atomic mass is 10.2. The third kappa shape index (κ3) is 8.74. The lowest BCUT2D eigenvalue weighted by Gasteiger charge is -2.17. The number of hydrogen-bond acceptors (Lipinski definition) is 3. The van der Waals surface area contributed by atoms with Gasteiger partial charge < -0.3 is 15.0 Å². The number of rotatable bonds is 11. The highest BCUT2D eigenvalue weighted by Crippen LogP contribution is 2.12. The average Bonchev–Trinajstić information content (AvgIpc) is 2.46. The van der Waals surface area contributed by atoms with Crippen molar-refractivity contribution < 1.29 is 4.74 Å². The van der Waals surface area contributed by atoms with Crippen LogP contribution in [0.15, 0.2) is 24.3 Å². The standard InChI is InChI=1S/C18H32N2O/c1-16(2)14-19-12-6-5-7-13-20(3)15-17-8-10-18(21-4)11-9-17/h8-11,16,19H,5-7,12-15H2,1-4H3. The molecule has 1 rings (SSSR count). The Morgan fingerprint density at radius 1 is 1.10 bits per heavy atom. The van der Waals surface area contributed by atoms with Gasteiger partial charge in [-0.1, -0.05) is 32.4 Å². The van der Waals surface area contributed by atoms with Gasteiger partial charge in [-0.05, 0) is 63.1 Å². The van der Waals surface area contributed by atoms with Gasteiger partial charge in [-0.3, -0.25) is 0 Å². The summed E-state index contributed by atoms with van der Waals surface area (Å²) >= 11 is 0. The molecule has 3 heteroatoms. The highest BCUT2D eigenvalue weighted by molar-refractivity contribution is 5.26. The number of unbranched alkanes of at least 4 members (excludes halogenated alkanes) is 2. The molecule has 21 heavy (non-hydrogen) atoms. The minimum absolute atomic E-state index is 0.751. The van der Waals surface area contributed by atoms with Crippen LogP contribution in [0.1, 0.15) is 38.7 Å². The van der Waals surface area contributed by atoms with Crippen LogP contribution in [0.2, 0.25) is 0 Å². The number of methoxy groups -OCH3 is 1. The van der Waals surface area contributed by atoms with Gasteiger partial charge in [0.2, 0.25) is 0 Å². The van der Waals surface area contributed by atoms with E-state index in [-0.39, 0.29) is 0 Å². The van der Waals surface area contributed by atoms with E-state index in [1.54, 1.807) is 7.11 Å². The first-order valence-electron chi connectivity index (χ1n) is 8.14. The van der Waals surface area contributed by atoms with E-state index >= 15 is 0 Å². The molecular formula is C18H32N2O. The first kappa shape index (κ1) is 18.0. The van der Waals surface area contributed by atoms with Crippen molar-refractivity contribution in [2.45, 2.75) is 39.7 Å². The van der Waals surface area contributed by atoms with Crippen molar-refractivity contribution in [2.24, 2.45) is 5.92 Å². The third-order valence-electron chi connectivity index (χ3n) is 3.56. The molecule has 120 valence electrons. The quantitative estimate of drug-likeness (QED) is 0.631. The monoisotopic (exact) mass is 292 g/mol. The van der Waals surface area contributed by atoms with Crippen LogP contribution >= 0.6 is 0 Å². The molecular weight excluding hydrogens is 260 g/mol. The van der Waals surface area contributed by atoms with E-state index in [9.17, 15) is 0 Å². The molecule has 0 fully saturated rings. The van der Waals surface area contributed by atoms with E-state index in [0.717, 1.165) is 37.8 Å². The van der Waals surface area contributed by atoms with E-state index in [1.807, 2.05) is 12.1 Å². The lowest BCUT2D eigenvalue weighted by Crippen LogP contribution is -2.21. The molecule has 0 radical (unpaired) electrons. The Bertz CT molecular complexity index is 362. The molecule has 0 unspecified atom stereocenters. The van der Waals surface area contributed by atoms with Crippen LogP contribution in [0.4, 0.5) is 0 Å². The summed E-state index contributed by atoms with van der Waals surface area (Å²) < 4.78 is 5.18. The van der Waals surface area contributed by atoms with Gasteiger partial charge in [-0.15, -0.1) is 0 Å². The molecule has 0 aliphatic carbocycles. The Hall–Kier alpha value is -1.06. The Morgan fingerprint density at radius 2 is 1.81 bits per heavy atom. The zero-order valence-corrected chi connectivity index (χ0v) is 14.2. The van der Waals surface area contributed by atoms with Crippen molar-refractivity contribution in [3.05, 3.63) is 29.8 Å². The summed E-state index contributed by atoms with van der Waals surface area (Å²) in [4.78, 5) is 2.39. The van der Waals surface area contributed by atoms with E-state index < -0.39 is 0 Å². The van der Waals surface area contributed by atoms with Crippen LogP contribution in [0.25, 0.3) is 0 Å². The topological polar surface area (TPSA) is 24.5 Å². The Balaban J connectivity index is 2.06. The fourth-order valence-electron chi connectivity index (χ4n) is 2.32. The van der Waals surface area contributed by atoms with Crippen LogP contribution in [-0.2, 0) is 6.54 Å². The summed E-state index contributed by atoms with van der Waals surface area (Å²) in [6.45, 7) is 8.96. The predicted octanol–water partition coefficient (Wildman–Crippen LogP) is 3.54. The molecule has 0 saturated heterocycles. The first-order chi connectivity index (χ1) is 10.1. The zero-order chi connectivity index (χ0) is 15.5. The summed E-state index contributed by atoms with van der Waals surface area (Å²) in [5.41, 5.74) is 1.34. The second kappa shape index (κ2) is 10.6. The minimum Gasteiger partial charge on any atom is -0.497 e. The number of hydrogen-bond donors (Lipinski definition) is 1. The molecule has 0 heterocycles. The van der Waals surface area contributed by atoms with E-state index in [1.165, 1.54) is 24.8 Å². The van der Waals surface area contributed by atoms with E-state index in [2.05, 4.69) is 43.2 Å². The molecule has 0 spiro atoms. The summed E-state index contributed by atoms with van der Waals surface area (Å²) in [5, 5.41) is 3.50. The van der Waals surface area contributed by atoms with Gasteiger partial charge in [-0.2, -0.15) is 0 Å². The SMILES string of the molecule is COc1ccc(CN(C)CCCCCNCC(C)C)cc1. The molecule has 0 amide bonds. The predicted molar refractivity (Wildman–Crippen MR) is 90.9 cm³/mol. The molecule has 1 N–H and O–H groups in total. The van der Waals surface area contributed by atoms with Crippen LogP contribution < -0.4 is 10.1 Å². The normalized spacial score (nSPS) is 11.3. The first-order valence-corrected chi connectivity index (χ1v) is 8.14. The second-order valence-electron chi connectivity index (χ2n) is 6.24. The summed E-state index contributed by atoms with van der Waals surface area (Å²) in [6, 6.07) is 8.35. The maximum Gasteiger partial charge on any atom is 0.118 e. The van der Waals surface area contributed by atoms with Crippen molar-refractivity contribution in [1.29, 1.82) is 0 Å². The van der Waals surface area contributed by atoms with Gasteiger partial charge in [0, 0.05) is 6.54 Å². The zero-order valence-electron chi connectivity index (χ0n) is 14.2. The van der Waals surface area contributed by atoms with Gasteiger partial charge >= 0.3 is 0 Å². The van der Waals surface area contributed by atoms with Crippen molar-refractivity contribution >= 4 is 0 Å². The Labute approximate surface area is 130 Å². The van der Waals surface area contributed by atoms with Gasteiger partial charge in [0.1, 0.15) is 5.75 Å². The molecule has 1 aromatic rings. The van der Waals surface area contributed by atoms with Crippen LogP contribution in [0, 0.1) is 5.92 Å². The van der Waals surface area contributed by atoms with Crippen molar-refractivity contribution in [1.82, 2.24) is 10.2 Å². The summed E-state index contributed by atoms with van der Waals surface area (Å²) in [7, 11) is 3.90. The largest absolute Gasteiger partial charge is 0.497 e. The van der Waals surface area contributed by atoms with E-state index in [4.69, 9.17) is 4.74 Å². The fraction of sp³-hybridized carbons (Fsp3) is 0.667. The summed E-state index contributed by atoms with van der Waals surface area (Å²) in [6.07, 6.45) is 3.86. The number of nitrogens with one attached hydrogen (secondary N) is 1. The number of benzene rings is 1. The maximum atomic E-state index is 5.18. The van der Waals surface area contributed by atoms with Gasteiger partial charge in [0.25, 0.3) is 0 Å². The minimum atomic E-state index is 0.751.